The van der Waals surface area contributed by atoms with Crippen molar-refractivity contribution in [1.29, 1.82) is 0 Å². The number of unbranched alkanes of at least 4 members (excludes halogenated alkanes) is 14. The monoisotopic (exact) mass is 567 g/mol. The molecule has 2 aromatic rings. The van der Waals surface area contributed by atoms with Crippen LogP contribution in [0.5, 0.6) is 0 Å². The predicted molar refractivity (Wildman–Crippen MR) is 161 cm³/mol. The Hall–Kier alpha value is -1.36. The zero-order valence-electron chi connectivity index (χ0n) is 22.5. The number of aromatic amines is 1. The third-order valence-electron chi connectivity index (χ3n) is 7.28. The smallest absolute Gasteiger partial charge is 0.295 e. The molecule has 1 N–H and O–H groups in total. The van der Waals surface area contributed by atoms with Gasteiger partial charge in [0.15, 0.2) is 0 Å². The molecule has 37 heavy (non-hydrogen) atoms. The van der Waals surface area contributed by atoms with Gasteiger partial charge in [-0.2, -0.15) is 0 Å². The summed E-state index contributed by atoms with van der Waals surface area (Å²) in [5, 5.41) is 4.45. The van der Waals surface area contributed by atoms with Crippen LogP contribution in [-0.4, -0.2) is 16.3 Å². The number of H-pyrrole nitrogens is 1. The van der Waals surface area contributed by atoms with E-state index in [0.717, 1.165) is 31.5 Å². The summed E-state index contributed by atoms with van der Waals surface area (Å²) in [7, 11) is 0. The van der Waals surface area contributed by atoms with Crippen molar-refractivity contribution in [2.75, 3.05) is 11.4 Å². The summed E-state index contributed by atoms with van der Waals surface area (Å²) in [6.07, 6.45) is 25.9. The van der Waals surface area contributed by atoms with E-state index in [9.17, 15) is 4.79 Å². The molecule has 0 radical (unpaired) electrons. The van der Waals surface area contributed by atoms with Crippen LogP contribution in [0, 0.1) is 0 Å². The fourth-order valence-corrected chi connectivity index (χ4v) is 6.19. The van der Waals surface area contributed by atoms with Crippen LogP contribution in [0.4, 0.5) is 5.69 Å². The second-order valence-corrected chi connectivity index (χ2v) is 11.6. The van der Waals surface area contributed by atoms with E-state index in [1.54, 1.807) is 12.1 Å². The van der Waals surface area contributed by atoms with Crippen molar-refractivity contribution in [3.05, 3.63) is 55.5 Å². The van der Waals surface area contributed by atoms with E-state index < -0.39 is 0 Å². The lowest BCUT2D eigenvalue weighted by Crippen LogP contribution is -2.23. The fraction of sp³-hybridized carbons (Fsp3) is 0.633. The molecule has 206 valence electrons. The molecule has 0 amide bonds. The summed E-state index contributed by atoms with van der Waals surface area (Å²) in [6.45, 7) is 3.08. The zero-order chi connectivity index (χ0) is 26.5. The van der Waals surface area contributed by atoms with E-state index in [1.165, 1.54) is 94.6 Å². The fourth-order valence-electron chi connectivity index (χ4n) is 5.20. The van der Waals surface area contributed by atoms with E-state index in [4.69, 9.17) is 34.8 Å². The lowest BCUT2D eigenvalue weighted by atomic mass is 10.0. The Bertz CT molecular complexity index is 1020. The summed E-state index contributed by atoms with van der Waals surface area (Å²) >= 11 is 18.9. The summed E-state index contributed by atoms with van der Waals surface area (Å²) < 4.78 is 1.48. The molecule has 0 fully saturated rings. The second-order valence-electron chi connectivity index (χ2n) is 10.4. The third-order valence-corrected chi connectivity index (χ3v) is 8.08. The predicted octanol–water partition coefficient (Wildman–Crippen LogP) is 10.3. The number of nitrogens with zero attached hydrogens (tertiary/aromatic N) is 2. The minimum Gasteiger partial charge on any atom is -0.342 e. The summed E-state index contributed by atoms with van der Waals surface area (Å²) in [5.74, 6) is 0. The first kappa shape index (κ1) is 30.2. The molecule has 7 heteroatoms. The van der Waals surface area contributed by atoms with Crippen molar-refractivity contribution >= 4 is 40.5 Å². The van der Waals surface area contributed by atoms with Crippen molar-refractivity contribution in [3.63, 3.8) is 0 Å². The lowest BCUT2D eigenvalue weighted by Gasteiger charge is -2.14. The zero-order valence-corrected chi connectivity index (χ0v) is 24.7. The van der Waals surface area contributed by atoms with Crippen LogP contribution in [0.15, 0.2) is 29.2 Å². The highest BCUT2D eigenvalue weighted by Gasteiger charge is 2.23. The summed E-state index contributed by atoms with van der Waals surface area (Å²) in [4.78, 5) is 15.5. The lowest BCUT2D eigenvalue weighted by molar-refractivity contribution is 0.532. The number of benzene rings is 1. The van der Waals surface area contributed by atoms with Gasteiger partial charge in [0, 0.05) is 17.8 Å². The SMILES string of the molecule is CCCCCCCCCCCCCCCCCc1[nH]n(-c2c(Cl)cc(Cl)cc2Cl)c(=O)c1N1C=CCC1. The Balaban J connectivity index is 1.42. The Kier molecular flexibility index (Phi) is 13.5. The van der Waals surface area contributed by atoms with Crippen molar-refractivity contribution in [3.8, 4) is 5.69 Å². The number of hydrogen-bond acceptors (Lipinski definition) is 2. The van der Waals surface area contributed by atoms with Crippen LogP contribution in [0.3, 0.4) is 0 Å². The molecule has 0 aliphatic carbocycles. The maximum atomic E-state index is 13.4. The largest absolute Gasteiger partial charge is 0.342 e. The van der Waals surface area contributed by atoms with Gasteiger partial charge in [0.25, 0.3) is 5.56 Å². The van der Waals surface area contributed by atoms with E-state index >= 15 is 0 Å². The van der Waals surface area contributed by atoms with Gasteiger partial charge < -0.3 is 4.90 Å². The highest BCUT2D eigenvalue weighted by atomic mass is 35.5. The first-order chi connectivity index (χ1) is 18.0. The average Bonchev–Trinajstić information content (AvgIpc) is 3.49. The number of aryl methyl sites for hydroxylation is 1. The Morgan fingerprint density at radius 3 is 1.76 bits per heavy atom. The van der Waals surface area contributed by atoms with Gasteiger partial charge >= 0.3 is 0 Å². The van der Waals surface area contributed by atoms with E-state index in [-0.39, 0.29) is 5.56 Å². The second kappa shape index (κ2) is 16.6. The molecule has 4 nitrogen and oxygen atoms in total. The molecule has 1 aliphatic rings. The van der Waals surface area contributed by atoms with Gasteiger partial charge in [0.1, 0.15) is 11.4 Å². The van der Waals surface area contributed by atoms with Crippen molar-refractivity contribution in [1.82, 2.24) is 9.78 Å². The van der Waals surface area contributed by atoms with Crippen LogP contribution in [0.2, 0.25) is 15.1 Å². The van der Waals surface area contributed by atoms with Gasteiger partial charge in [-0.1, -0.05) is 138 Å². The van der Waals surface area contributed by atoms with E-state index in [0.29, 0.717) is 26.4 Å². The van der Waals surface area contributed by atoms with Gasteiger partial charge in [-0.15, -0.1) is 0 Å². The molecule has 0 saturated carbocycles. The van der Waals surface area contributed by atoms with Crippen LogP contribution in [-0.2, 0) is 6.42 Å². The normalized spacial score (nSPS) is 13.2. The molecule has 0 atom stereocenters. The van der Waals surface area contributed by atoms with Gasteiger partial charge in [-0.05, 0) is 31.4 Å². The van der Waals surface area contributed by atoms with Gasteiger partial charge in [0.05, 0.1) is 15.7 Å². The van der Waals surface area contributed by atoms with Crippen LogP contribution in [0.1, 0.15) is 115 Å². The summed E-state index contributed by atoms with van der Waals surface area (Å²) in [6, 6.07) is 3.22. The number of hydrogen-bond donors (Lipinski definition) is 1. The number of rotatable bonds is 18. The molecule has 1 aromatic heterocycles. The molecule has 2 heterocycles. The van der Waals surface area contributed by atoms with Crippen LogP contribution >= 0.6 is 34.8 Å². The molecular formula is C30H44Cl3N3O. The third kappa shape index (κ3) is 9.41. The number of halogens is 3. The maximum Gasteiger partial charge on any atom is 0.295 e. The molecule has 1 aromatic carbocycles. The van der Waals surface area contributed by atoms with E-state index in [2.05, 4.69) is 18.1 Å². The van der Waals surface area contributed by atoms with Gasteiger partial charge in [0.2, 0.25) is 0 Å². The van der Waals surface area contributed by atoms with Crippen molar-refractivity contribution in [2.45, 2.75) is 116 Å². The Morgan fingerprint density at radius 1 is 0.757 bits per heavy atom. The molecule has 3 rings (SSSR count). The molecule has 0 spiro atoms. The van der Waals surface area contributed by atoms with Gasteiger partial charge in [-0.3, -0.25) is 9.89 Å². The molecule has 1 aliphatic heterocycles. The topological polar surface area (TPSA) is 41.0 Å². The van der Waals surface area contributed by atoms with Crippen molar-refractivity contribution < 1.29 is 0 Å². The molecular weight excluding hydrogens is 525 g/mol. The first-order valence-corrected chi connectivity index (χ1v) is 15.6. The highest BCUT2D eigenvalue weighted by molar-refractivity contribution is 6.40. The van der Waals surface area contributed by atoms with E-state index in [1.807, 2.05) is 11.1 Å². The Labute approximate surface area is 238 Å². The number of anilines is 1. The standard InChI is InChI=1S/C30H44Cl3N3O/c1-2-3-4-5-6-7-8-9-10-11-12-13-14-15-16-19-27-29(35-20-17-18-21-35)30(37)36(34-27)28-25(32)22-24(31)23-26(28)33/h17,20,22-23,34H,2-16,18-19,21H2,1H3. The average molecular weight is 569 g/mol. The number of nitrogens with one attached hydrogen (secondary N) is 1. The molecule has 0 unspecified atom stereocenters. The first-order valence-electron chi connectivity index (χ1n) is 14.4. The van der Waals surface area contributed by atoms with Crippen LogP contribution < -0.4 is 10.5 Å². The highest BCUT2D eigenvalue weighted by Crippen LogP contribution is 2.32. The minimum absolute atomic E-state index is 0.131. The molecule has 0 saturated heterocycles. The van der Waals surface area contributed by atoms with Crippen LogP contribution in [0.25, 0.3) is 5.69 Å². The maximum absolute atomic E-state index is 13.4. The Morgan fingerprint density at radius 2 is 1.27 bits per heavy atom. The van der Waals surface area contributed by atoms with Gasteiger partial charge in [-0.25, -0.2) is 4.68 Å². The quantitative estimate of drug-likeness (QED) is 0.182. The number of aromatic nitrogens is 2. The minimum atomic E-state index is -0.131. The van der Waals surface area contributed by atoms with Crippen molar-refractivity contribution in [2.24, 2.45) is 0 Å². The summed E-state index contributed by atoms with van der Waals surface area (Å²) in [5.41, 5.74) is 1.95. The molecule has 0 bridgehead atoms.